The highest BCUT2D eigenvalue weighted by molar-refractivity contribution is 5.94. The van der Waals surface area contributed by atoms with Gasteiger partial charge in [-0.15, -0.1) is 0 Å². The Labute approximate surface area is 103 Å². The maximum Gasteiger partial charge on any atom is 0.253 e. The van der Waals surface area contributed by atoms with Gasteiger partial charge in [0.1, 0.15) is 0 Å². The fourth-order valence-corrected chi connectivity index (χ4v) is 1.75. The van der Waals surface area contributed by atoms with Crippen molar-refractivity contribution in [2.45, 2.75) is 33.3 Å². The quantitative estimate of drug-likeness (QED) is 0.872. The summed E-state index contributed by atoms with van der Waals surface area (Å²) < 4.78 is 0. The summed E-state index contributed by atoms with van der Waals surface area (Å²) in [5.41, 5.74) is 2.07. The monoisotopic (exact) mass is 235 g/mol. The zero-order valence-electron chi connectivity index (χ0n) is 11.2. The fraction of sp³-hybridized carbons (Fsp3) is 0.500. The van der Waals surface area contributed by atoms with Gasteiger partial charge in [-0.1, -0.05) is 6.07 Å². The number of carbonyl (C=O) groups is 1. The summed E-state index contributed by atoms with van der Waals surface area (Å²) in [5.74, 6) is -0.0600. The Balaban J connectivity index is 2.85. The maximum atomic E-state index is 12.1. The van der Waals surface area contributed by atoms with Gasteiger partial charge >= 0.3 is 0 Å². The molecule has 3 nitrogen and oxygen atoms in total. The summed E-state index contributed by atoms with van der Waals surface area (Å²) in [5, 5.41) is 9.69. The normalized spacial score (nSPS) is 11.4. The molecular weight excluding hydrogens is 214 g/mol. The number of aryl methyl sites for hydroxylation is 2. The number of amides is 1. The topological polar surface area (TPSA) is 40.5 Å². The first-order valence-corrected chi connectivity index (χ1v) is 5.76. The van der Waals surface area contributed by atoms with E-state index in [0.717, 1.165) is 5.56 Å². The van der Waals surface area contributed by atoms with E-state index in [2.05, 4.69) is 0 Å². The van der Waals surface area contributed by atoms with Crippen molar-refractivity contribution >= 4 is 5.91 Å². The number of rotatable bonds is 3. The van der Waals surface area contributed by atoms with E-state index in [9.17, 15) is 9.90 Å². The Morgan fingerprint density at radius 2 is 1.88 bits per heavy atom. The molecule has 17 heavy (non-hydrogen) atoms. The number of hydrogen-bond acceptors (Lipinski definition) is 2. The average molecular weight is 235 g/mol. The van der Waals surface area contributed by atoms with Gasteiger partial charge < -0.3 is 10.0 Å². The molecule has 1 aromatic rings. The van der Waals surface area contributed by atoms with Crippen LogP contribution in [-0.4, -0.2) is 35.1 Å². The predicted molar refractivity (Wildman–Crippen MR) is 69.2 cm³/mol. The summed E-state index contributed by atoms with van der Waals surface area (Å²) in [6.45, 7) is 7.71. The molecule has 0 fully saturated rings. The van der Waals surface area contributed by atoms with Crippen molar-refractivity contribution in [2.24, 2.45) is 0 Å². The second-order valence-electron chi connectivity index (χ2n) is 5.27. The lowest BCUT2D eigenvalue weighted by atomic mass is 10.0. The molecule has 0 aliphatic rings. The first kappa shape index (κ1) is 13.7. The summed E-state index contributed by atoms with van der Waals surface area (Å²) in [7, 11) is 1.70. The highest BCUT2D eigenvalue weighted by Crippen LogP contribution is 2.13. The molecule has 1 aromatic carbocycles. The molecule has 1 N–H and O–H groups in total. The van der Waals surface area contributed by atoms with Crippen LogP contribution in [0.3, 0.4) is 0 Å². The van der Waals surface area contributed by atoms with Gasteiger partial charge in [0.25, 0.3) is 5.91 Å². The Bertz CT molecular complexity index is 419. The van der Waals surface area contributed by atoms with Gasteiger partial charge in [0, 0.05) is 19.2 Å². The smallest absolute Gasteiger partial charge is 0.253 e. The molecular formula is C14H21NO2. The van der Waals surface area contributed by atoms with E-state index in [1.54, 1.807) is 25.8 Å². The second-order valence-corrected chi connectivity index (χ2v) is 5.27. The zero-order valence-corrected chi connectivity index (χ0v) is 11.2. The Morgan fingerprint density at radius 1 is 1.29 bits per heavy atom. The lowest BCUT2D eigenvalue weighted by molar-refractivity contribution is 0.0368. The molecule has 0 radical (unpaired) electrons. The summed E-state index contributed by atoms with van der Waals surface area (Å²) in [6, 6.07) is 5.66. The number of likely N-dealkylation sites (N-methyl/N-ethyl adjacent to an activating group) is 1. The van der Waals surface area contributed by atoms with Crippen LogP contribution in [-0.2, 0) is 0 Å². The van der Waals surface area contributed by atoms with Crippen LogP contribution in [0.2, 0.25) is 0 Å². The molecule has 0 spiro atoms. The molecule has 0 unspecified atom stereocenters. The fourth-order valence-electron chi connectivity index (χ4n) is 1.75. The maximum absolute atomic E-state index is 12.1. The molecule has 0 saturated heterocycles. The summed E-state index contributed by atoms with van der Waals surface area (Å²) >= 11 is 0. The van der Waals surface area contributed by atoms with Gasteiger partial charge in [-0.3, -0.25) is 4.79 Å². The van der Waals surface area contributed by atoms with Crippen molar-refractivity contribution < 1.29 is 9.90 Å². The molecule has 0 saturated carbocycles. The Morgan fingerprint density at radius 3 is 2.35 bits per heavy atom. The van der Waals surface area contributed by atoms with E-state index in [-0.39, 0.29) is 5.91 Å². The van der Waals surface area contributed by atoms with Gasteiger partial charge in [0.15, 0.2) is 0 Å². The number of aliphatic hydroxyl groups is 1. The van der Waals surface area contributed by atoms with Crippen molar-refractivity contribution in [2.75, 3.05) is 13.6 Å². The molecule has 1 amide bonds. The molecule has 0 aromatic heterocycles. The van der Waals surface area contributed by atoms with Crippen molar-refractivity contribution in [3.63, 3.8) is 0 Å². The standard InChI is InChI=1S/C14H21NO2/c1-10-6-7-12(8-11(10)2)13(16)15(5)9-14(3,4)17/h6-8,17H,9H2,1-5H3. The third-order valence-electron chi connectivity index (χ3n) is 2.72. The molecule has 0 atom stereocenters. The SMILES string of the molecule is Cc1ccc(C(=O)N(C)CC(C)(C)O)cc1C. The van der Waals surface area contributed by atoms with Crippen LogP contribution in [0.4, 0.5) is 0 Å². The van der Waals surface area contributed by atoms with E-state index in [1.165, 1.54) is 5.56 Å². The van der Waals surface area contributed by atoms with Crippen LogP contribution in [0, 0.1) is 13.8 Å². The van der Waals surface area contributed by atoms with Gasteiger partial charge in [-0.2, -0.15) is 0 Å². The third-order valence-corrected chi connectivity index (χ3v) is 2.72. The van der Waals surface area contributed by atoms with E-state index in [4.69, 9.17) is 0 Å². The van der Waals surface area contributed by atoms with Crippen LogP contribution < -0.4 is 0 Å². The number of nitrogens with zero attached hydrogens (tertiary/aromatic N) is 1. The molecule has 0 aliphatic heterocycles. The molecule has 0 heterocycles. The van der Waals surface area contributed by atoms with E-state index >= 15 is 0 Å². The minimum Gasteiger partial charge on any atom is -0.389 e. The first-order chi connectivity index (χ1) is 7.70. The minimum absolute atomic E-state index is 0.0600. The number of hydrogen-bond donors (Lipinski definition) is 1. The highest BCUT2D eigenvalue weighted by Gasteiger charge is 2.20. The lowest BCUT2D eigenvalue weighted by Crippen LogP contribution is -2.39. The van der Waals surface area contributed by atoms with E-state index < -0.39 is 5.60 Å². The molecule has 94 valence electrons. The van der Waals surface area contributed by atoms with E-state index in [1.807, 2.05) is 32.0 Å². The minimum atomic E-state index is -0.871. The third kappa shape index (κ3) is 3.86. The average Bonchev–Trinajstić information content (AvgIpc) is 2.18. The second kappa shape index (κ2) is 4.88. The van der Waals surface area contributed by atoms with Crippen molar-refractivity contribution in [3.8, 4) is 0 Å². The van der Waals surface area contributed by atoms with Crippen LogP contribution in [0.25, 0.3) is 0 Å². The highest BCUT2D eigenvalue weighted by atomic mass is 16.3. The van der Waals surface area contributed by atoms with Crippen molar-refractivity contribution in [3.05, 3.63) is 34.9 Å². The summed E-state index contributed by atoms with van der Waals surface area (Å²) in [6.07, 6.45) is 0. The predicted octanol–water partition coefficient (Wildman–Crippen LogP) is 2.15. The van der Waals surface area contributed by atoms with Crippen LogP contribution in [0.1, 0.15) is 35.3 Å². The number of carbonyl (C=O) groups excluding carboxylic acids is 1. The molecule has 0 bridgehead atoms. The van der Waals surface area contributed by atoms with E-state index in [0.29, 0.717) is 12.1 Å². The molecule has 1 rings (SSSR count). The van der Waals surface area contributed by atoms with Gasteiger partial charge in [-0.25, -0.2) is 0 Å². The molecule has 0 aliphatic carbocycles. The first-order valence-electron chi connectivity index (χ1n) is 5.76. The van der Waals surface area contributed by atoms with Crippen LogP contribution in [0.5, 0.6) is 0 Å². The van der Waals surface area contributed by atoms with Gasteiger partial charge in [0.05, 0.1) is 5.60 Å². The van der Waals surface area contributed by atoms with Gasteiger partial charge in [0.2, 0.25) is 0 Å². The van der Waals surface area contributed by atoms with Crippen LogP contribution in [0.15, 0.2) is 18.2 Å². The van der Waals surface area contributed by atoms with Crippen molar-refractivity contribution in [1.29, 1.82) is 0 Å². The number of benzene rings is 1. The largest absolute Gasteiger partial charge is 0.389 e. The van der Waals surface area contributed by atoms with Gasteiger partial charge in [-0.05, 0) is 51.0 Å². The Hall–Kier alpha value is -1.35. The zero-order chi connectivity index (χ0) is 13.2. The van der Waals surface area contributed by atoms with Crippen molar-refractivity contribution in [1.82, 2.24) is 4.90 Å². The molecule has 3 heteroatoms. The van der Waals surface area contributed by atoms with Crippen LogP contribution >= 0.6 is 0 Å². The lowest BCUT2D eigenvalue weighted by Gasteiger charge is -2.25. The Kier molecular flexibility index (Phi) is 3.94. The summed E-state index contributed by atoms with van der Waals surface area (Å²) in [4.78, 5) is 13.6.